The molecule has 0 spiro atoms. The Morgan fingerprint density at radius 1 is 1.64 bits per heavy atom. The van der Waals surface area contributed by atoms with Crippen LogP contribution in [0.5, 0.6) is 0 Å². The summed E-state index contributed by atoms with van der Waals surface area (Å²) >= 11 is 0. The highest BCUT2D eigenvalue weighted by Crippen LogP contribution is 2.08. The predicted octanol–water partition coefficient (Wildman–Crippen LogP) is 2.73. The van der Waals surface area contributed by atoms with E-state index >= 15 is 0 Å². The highest BCUT2D eigenvalue weighted by Gasteiger charge is 1.96. The molecule has 0 fully saturated rings. The van der Waals surface area contributed by atoms with E-state index in [0.717, 1.165) is 24.7 Å². The summed E-state index contributed by atoms with van der Waals surface area (Å²) in [4.78, 5) is 10.4. The molecule has 1 heteroatoms. The van der Waals surface area contributed by atoms with Crippen LogP contribution in [0.15, 0.2) is 24.3 Å². The van der Waals surface area contributed by atoms with Gasteiger partial charge < -0.3 is 0 Å². The first-order valence-electron chi connectivity index (χ1n) is 4.01. The zero-order chi connectivity index (χ0) is 8.69. The van der Waals surface area contributed by atoms with Gasteiger partial charge in [0.1, 0.15) is 6.29 Å². The van der Waals surface area contributed by atoms with E-state index in [1.807, 2.05) is 19.1 Å². The van der Waals surface area contributed by atoms with Gasteiger partial charge in [0.2, 0.25) is 0 Å². The molecule has 0 heterocycles. The van der Waals surface area contributed by atoms with Crippen LogP contribution in [0, 0.1) is 5.92 Å². The zero-order valence-corrected chi connectivity index (χ0v) is 7.34. The molecule has 0 aromatic carbocycles. The summed E-state index contributed by atoms with van der Waals surface area (Å²) in [6, 6.07) is 0. The van der Waals surface area contributed by atoms with Gasteiger partial charge in [0, 0.05) is 0 Å². The van der Waals surface area contributed by atoms with Gasteiger partial charge in [0.25, 0.3) is 0 Å². The van der Waals surface area contributed by atoms with Crippen LogP contribution in [-0.4, -0.2) is 6.29 Å². The molecular weight excluding hydrogens is 136 g/mol. The highest BCUT2D eigenvalue weighted by atomic mass is 16.1. The molecule has 0 rings (SSSR count). The Kier molecular flexibility index (Phi) is 5.44. The summed E-state index contributed by atoms with van der Waals surface area (Å²) in [5.41, 5.74) is 0.888. The SMILES string of the molecule is C=CCC(C)/C=C(/C=O)CC. The maximum absolute atomic E-state index is 10.4. The molecule has 0 aromatic rings. The molecule has 11 heavy (non-hydrogen) atoms. The van der Waals surface area contributed by atoms with Gasteiger partial charge in [-0.1, -0.05) is 26.0 Å². The van der Waals surface area contributed by atoms with Crippen molar-refractivity contribution < 1.29 is 4.79 Å². The molecule has 0 saturated heterocycles. The zero-order valence-electron chi connectivity index (χ0n) is 7.34. The number of aldehydes is 1. The van der Waals surface area contributed by atoms with Crippen molar-refractivity contribution in [2.75, 3.05) is 0 Å². The van der Waals surface area contributed by atoms with Gasteiger partial charge in [-0.25, -0.2) is 0 Å². The van der Waals surface area contributed by atoms with Gasteiger partial charge in [-0.2, -0.15) is 0 Å². The van der Waals surface area contributed by atoms with Crippen molar-refractivity contribution in [1.29, 1.82) is 0 Å². The van der Waals surface area contributed by atoms with E-state index in [1.54, 1.807) is 0 Å². The van der Waals surface area contributed by atoms with E-state index in [2.05, 4.69) is 13.5 Å². The van der Waals surface area contributed by atoms with E-state index < -0.39 is 0 Å². The maximum atomic E-state index is 10.4. The van der Waals surface area contributed by atoms with Crippen LogP contribution in [0.25, 0.3) is 0 Å². The second kappa shape index (κ2) is 5.90. The fourth-order valence-corrected chi connectivity index (χ4v) is 0.937. The normalized spacial score (nSPS) is 14.2. The Bertz CT molecular complexity index is 156. The molecule has 1 unspecified atom stereocenters. The third kappa shape index (κ3) is 4.54. The van der Waals surface area contributed by atoms with E-state index in [9.17, 15) is 4.79 Å². The van der Waals surface area contributed by atoms with Gasteiger partial charge in [0.15, 0.2) is 0 Å². The first-order valence-corrected chi connectivity index (χ1v) is 4.01. The monoisotopic (exact) mass is 152 g/mol. The molecular formula is C10H16O. The van der Waals surface area contributed by atoms with Crippen LogP contribution in [0.1, 0.15) is 26.7 Å². The average molecular weight is 152 g/mol. The molecule has 0 bridgehead atoms. The topological polar surface area (TPSA) is 17.1 Å². The molecule has 0 aliphatic rings. The van der Waals surface area contributed by atoms with Crippen LogP contribution in [-0.2, 0) is 4.79 Å². The molecule has 1 atom stereocenters. The van der Waals surface area contributed by atoms with E-state index in [-0.39, 0.29) is 0 Å². The molecule has 0 saturated carbocycles. The molecule has 0 aliphatic heterocycles. The fourth-order valence-electron chi connectivity index (χ4n) is 0.937. The smallest absolute Gasteiger partial charge is 0.145 e. The van der Waals surface area contributed by atoms with Crippen LogP contribution >= 0.6 is 0 Å². The Labute approximate surface area is 68.8 Å². The van der Waals surface area contributed by atoms with Crippen LogP contribution in [0.3, 0.4) is 0 Å². The predicted molar refractivity (Wildman–Crippen MR) is 48.4 cm³/mol. The van der Waals surface area contributed by atoms with Crippen molar-refractivity contribution in [3.63, 3.8) is 0 Å². The third-order valence-electron chi connectivity index (χ3n) is 1.60. The van der Waals surface area contributed by atoms with Gasteiger partial charge in [-0.3, -0.25) is 4.79 Å². The van der Waals surface area contributed by atoms with Crippen molar-refractivity contribution in [1.82, 2.24) is 0 Å². The molecule has 0 amide bonds. The summed E-state index contributed by atoms with van der Waals surface area (Å²) < 4.78 is 0. The minimum atomic E-state index is 0.438. The molecule has 0 aromatic heterocycles. The second-order valence-electron chi connectivity index (χ2n) is 2.71. The standard InChI is InChI=1S/C10H16O/c1-4-6-9(3)7-10(5-2)8-11/h4,7-9H,1,5-6H2,2-3H3/b10-7+. The first-order chi connectivity index (χ1) is 5.24. The maximum Gasteiger partial charge on any atom is 0.145 e. The van der Waals surface area contributed by atoms with Gasteiger partial charge in [-0.05, 0) is 24.3 Å². The van der Waals surface area contributed by atoms with Crippen LogP contribution in [0.2, 0.25) is 0 Å². The van der Waals surface area contributed by atoms with Gasteiger partial charge in [0.05, 0.1) is 0 Å². The fraction of sp³-hybridized carbons (Fsp3) is 0.500. The lowest BCUT2D eigenvalue weighted by atomic mass is 10.0. The Morgan fingerprint density at radius 3 is 2.64 bits per heavy atom. The summed E-state index contributed by atoms with van der Waals surface area (Å²) in [7, 11) is 0. The molecule has 62 valence electrons. The number of hydrogen-bond donors (Lipinski definition) is 0. The number of rotatable bonds is 5. The molecule has 0 aliphatic carbocycles. The van der Waals surface area contributed by atoms with Crippen molar-refractivity contribution in [3.8, 4) is 0 Å². The first kappa shape index (κ1) is 10.2. The minimum absolute atomic E-state index is 0.438. The van der Waals surface area contributed by atoms with E-state index in [1.165, 1.54) is 0 Å². The largest absolute Gasteiger partial charge is 0.298 e. The Morgan fingerprint density at radius 2 is 2.27 bits per heavy atom. The minimum Gasteiger partial charge on any atom is -0.298 e. The number of allylic oxidation sites excluding steroid dienone is 3. The molecule has 0 radical (unpaired) electrons. The number of carbonyl (C=O) groups excluding carboxylic acids is 1. The highest BCUT2D eigenvalue weighted by molar-refractivity contribution is 5.72. The second-order valence-corrected chi connectivity index (χ2v) is 2.71. The van der Waals surface area contributed by atoms with Gasteiger partial charge in [-0.15, -0.1) is 6.58 Å². The Hall–Kier alpha value is -0.850. The average Bonchev–Trinajstić information content (AvgIpc) is 2.01. The van der Waals surface area contributed by atoms with Crippen molar-refractivity contribution in [2.45, 2.75) is 26.7 Å². The quantitative estimate of drug-likeness (QED) is 0.336. The number of carbonyl (C=O) groups is 1. The lowest BCUT2D eigenvalue weighted by molar-refractivity contribution is -0.105. The summed E-state index contributed by atoms with van der Waals surface area (Å²) in [5.74, 6) is 0.438. The lowest BCUT2D eigenvalue weighted by Gasteiger charge is -2.02. The molecule has 0 N–H and O–H groups in total. The van der Waals surface area contributed by atoms with Crippen molar-refractivity contribution in [3.05, 3.63) is 24.3 Å². The van der Waals surface area contributed by atoms with E-state index in [4.69, 9.17) is 0 Å². The van der Waals surface area contributed by atoms with Crippen LogP contribution in [0.4, 0.5) is 0 Å². The molecule has 1 nitrogen and oxygen atoms in total. The van der Waals surface area contributed by atoms with Gasteiger partial charge >= 0.3 is 0 Å². The number of hydrogen-bond acceptors (Lipinski definition) is 1. The Balaban J connectivity index is 4.01. The summed E-state index contributed by atoms with van der Waals surface area (Å²) in [5, 5.41) is 0. The third-order valence-corrected chi connectivity index (χ3v) is 1.60. The van der Waals surface area contributed by atoms with Crippen molar-refractivity contribution >= 4 is 6.29 Å². The summed E-state index contributed by atoms with van der Waals surface area (Å²) in [6.45, 7) is 7.71. The summed E-state index contributed by atoms with van der Waals surface area (Å²) in [6.07, 6.45) is 6.58. The van der Waals surface area contributed by atoms with Crippen molar-refractivity contribution in [2.24, 2.45) is 5.92 Å². The van der Waals surface area contributed by atoms with Crippen LogP contribution < -0.4 is 0 Å². The van der Waals surface area contributed by atoms with E-state index in [0.29, 0.717) is 5.92 Å². The lowest BCUT2D eigenvalue weighted by Crippen LogP contribution is -1.91.